The summed E-state index contributed by atoms with van der Waals surface area (Å²) in [5.74, 6) is 0.653. The van der Waals surface area contributed by atoms with Gasteiger partial charge in [0, 0.05) is 39.2 Å². The van der Waals surface area contributed by atoms with Crippen molar-refractivity contribution < 1.29 is 19.2 Å². The Morgan fingerprint density at radius 1 is 1.40 bits per heavy atom. The third-order valence-electron chi connectivity index (χ3n) is 4.65. The molecule has 0 bridgehead atoms. The number of aliphatic hydroxyl groups is 1. The van der Waals surface area contributed by atoms with E-state index >= 15 is 0 Å². The highest BCUT2D eigenvalue weighted by atomic mass is 16.5. The molecule has 1 aromatic rings. The fourth-order valence-corrected chi connectivity index (χ4v) is 3.02. The fourth-order valence-electron chi connectivity index (χ4n) is 3.02. The van der Waals surface area contributed by atoms with Crippen LogP contribution in [0.1, 0.15) is 29.9 Å². The summed E-state index contributed by atoms with van der Waals surface area (Å²) in [7, 11) is 3.43. The Labute approximate surface area is 148 Å². The van der Waals surface area contributed by atoms with Crippen LogP contribution in [0.5, 0.6) is 0 Å². The van der Waals surface area contributed by atoms with E-state index in [-0.39, 0.29) is 24.4 Å². The lowest BCUT2D eigenvalue weighted by Gasteiger charge is -2.36. The number of likely N-dealkylation sites (N-methyl/N-ethyl adjacent to an activating group) is 1. The minimum absolute atomic E-state index is 0.00847. The fraction of sp³-hybridized carbons (Fsp3) is 0.706. The van der Waals surface area contributed by atoms with Gasteiger partial charge in [0.2, 0.25) is 11.8 Å². The summed E-state index contributed by atoms with van der Waals surface area (Å²) in [6, 6.07) is -0.275. The molecule has 0 aliphatic carbocycles. The Hall–Kier alpha value is -1.93. The number of nitrogens with one attached hydrogen (secondary N) is 1. The molecule has 2 N–H and O–H groups in total. The number of likely N-dealkylation sites (tertiary alicyclic amines) is 1. The average molecular weight is 352 g/mol. The van der Waals surface area contributed by atoms with E-state index in [2.05, 4.69) is 10.5 Å². The molecule has 1 aliphatic heterocycles. The number of aromatic nitrogens is 1. The van der Waals surface area contributed by atoms with Crippen LogP contribution < -0.4 is 5.32 Å². The molecule has 2 amide bonds. The van der Waals surface area contributed by atoms with E-state index in [1.165, 1.54) is 4.90 Å². The molecule has 2 heterocycles. The molecule has 25 heavy (non-hydrogen) atoms. The van der Waals surface area contributed by atoms with Gasteiger partial charge < -0.3 is 19.8 Å². The SMILES string of the molecule is Cc1noc(C)c1CCC(=O)N[C@@H]1CCN(CC(=O)N(C)C)C[C@H]1O. The van der Waals surface area contributed by atoms with E-state index in [0.29, 0.717) is 32.4 Å². The largest absolute Gasteiger partial charge is 0.390 e. The summed E-state index contributed by atoms with van der Waals surface area (Å²) in [4.78, 5) is 27.4. The van der Waals surface area contributed by atoms with Crippen LogP contribution in [0.15, 0.2) is 4.52 Å². The second-order valence-electron chi connectivity index (χ2n) is 6.86. The molecule has 2 rings (SSSR count). The Bertz CT molecular complexity index is 594. The number of hydrogen-bond donors (Lipinski definition) is 2. The van der Waals surface area contributed by atoms with E-state index in [1.807, 2.05) is 18.7 Å². The molecule has 1 saturated heterocycles. The summed E-state index contributed by atoms with van der Waals surface area (Å²) in [5, 5.41) is 17.1. The zero-order valence-corrected chi connectivity index (χ0v) is 15.4. The Morgan fingerprint density at radius 2 is 2.12 bits per heavy atom. The van der Waals surface area contributed by atoms with Crippen molar-refractivity contribution in [3.63, 3.8) is 0 Å². The van der Waals surface area contributed by atoms with Crippen molar-refractivity contribution in [2.24, 2.45) is 0 Å². The Kier molecular flexibility index (Phi) is 6.55. The first-order chi connectivity index (χ1) is 11.8. The van der Waals surface area contributed by atoms with E-state index in [1.54, 1.807) is 14.1 Å². The van der Waals surface area contributed by atoms with Crippen molar-refractivity contribution in [1.82, 2.24) is 20.3 Å². The minimum Gasteiger partial charge on any atom is -0.390 e. The van der Waals surface area contributed by atoms with E-state index in [0.717, 1.165) is 17.0 Å². The number of aliphatic hydroxyl groups excluding tert-OH is 1. The van der Waals surface area contributed by atoms with Crippen LogP contribution in [0.3, 0.4) is 0 Å². The number of nitrogens with zero attached hydrogens (tertiary/aromatic N) is 3. The van der Waals surface area contributed by atoms with Gasteiger partial charge in [-0.2, -0.15) is 0 Å². The smallest absolute Gasteiger partial charge is 0.236 e. The first-order valence-corrected chi connectivity index (χ1v) is 8.59. The van der Waals surface area contributed by atoms with Gasteiger partial charge in [0.1, 0.15) is 5.76 Å². The Balaban J connectivity index is 1.77. The first-order valence-electron chi connectivity index (χ1n) is 8.59. The predicted octanol–water partition coefficient (Wildman–Crippen LogP) is -0.136. The molecule has 1 aliphatic rings. The molecule has 0 unspecified atom stereocenters. The molecule has 1 fully saturated rings. The lowest BCUT2D eigenvalue weighted by molar-refractivity contribution is -0.131. The quantitative estimate of drug-likeness (QED) is 0.740. The lowest BCUT2D eigenvalue weighted by Crippen LogP contribution is -2.55. The van der Waals surface area contributed by atoms with Crippen LogP contribution in [0.2, 0.25) is 0 Å². The number of carbonyl (C=O) groups excluding carboxylic acids is 2. The number of aryl methyl sites for hydroxylation is 2. The van der Waals surface area contributed by atoms with Crippen molar-refractivity contribution in [3.05, 3.63) is 17.0 Å². The van der Waals surface area contributed by atoms with Crippen LogP contribution in [0.4, 0.5) is 0 Å². The van der Waals surface area contributed by atoms with Crippen molar-refractivity contribution in [1.29, 1.82) is 0 Å². The van der Waals surface area contributed by atoms with Crippen LogP contribution >= 0.6 is 0 Å². The third-order valence-corrected chi connectivity index (χ3v) is 4.65. The second kappa shape index (κ2) is 8.44. The number of piperidine rings is 1. The maximum absolute atomic E-state index is 12.2. The average Bonchev–Trinajstić information content (AvgIpc) is 2.86. The highest BCUT2D eigenvalue weighted by molar-refractivity contribution is 5.78. The van der Waals surface area contributed by atoms with Gasteiger partial charge in [-0.3, -0.25) is 14.5 Å². The van der Waals surface area contributed by atoms with E-state index in [9.17, 15) is 14.7 Å². The molecule has 8 heteroatoms. The number of carbonyl (C=O) groups is 2. The van der Waals surface area contributed by atoms with Crippen molar-refractivity contribution in [2.45, 2.75) is 45.3 Å². The van der Waals surface area contributed by atoms with Gasteiger partial charge in [-0.15, -0.1) is 0 Å². The summed E-state index contributed by atoms with van der Waals surface area (Å²) < 4.78 is 5.10. The third kappa shape index (κ3) is 5.27. The zero-order chi connectivity index (χ0) is 18.6. The summed E-state index contributed by atoms with van der Waals surface area (Å²) >= 11 is 0. The maximum atomic E-state index is 12.2. The van der Waals surface area contributed by atoms with Crippen LogP contribution in [0.25, 0.3) is 0 Å². The van der Waals surface area contributed by atoms with Gasteiger partial charge in [-0.05, 0) is 26.7 Å². The molecular formula is C17H28N4O4. The van der Waals surface area contributed by atoms with Gasteiger partial charge in [0.15, 0.2) is 0 Å². The topological polar surface area (TPSA) is 98.9 Å². The highest BCUT2D eigenvalue weighted by Crippen LogP contribution is 2.15. The molecule has 140 valence electrons. The Morgan fingerprint density at radius 3 is 2.68 bits per heavy atom. The maximum Gasteiger partial charge on any atom is 0.236 e. The molecule has 0 radical (unpaired) electrons. The van der Waals surface area contributed by atoms with Crippen molar-refractivity contribution in [2.75, 3.05) is 33.7 Å². The summed E-state index contributed by atoms with van der Waals surface area (Å²) in [6.07, 6.45) is 0.847. The van der Waals surface area contributed by atoms with Crippen molar-refractivity contribution in [3.8, 4) is 0 Å². The monoisotopic (exact) mass is 352 g/mol. The first kappa shape index (κ1) is 19.4. The number of amides is 2. The number of β-amino-alcohol motifs (C(OH)–C–C–N with tert-alkyl or cyclic N) is 1. The lowest BCUT2D eigenvalue weighted by atomic mass is 10.0. The van der Waals surface area contributed by atoms with Gasteiger partial charge in [0.05, 0.1) is 24.4 Å². The molecule has 0 spiro atoms. The molecule has 0 saturated carbocycles. The van der Waals surface area contributed by atoms with Crippen LogP contribution in [0, 0.1) is 13.8 Å². The van der Waals surface area contributed by atoms with Crippen molar-refractivity contribution >= 4 is 11.8 Å². The molecule has 0 aromatic carbocycles. The van der Waals surface area contributed by atoms with Gasteiger partial charge in [0.25, 0.3) is 0 Å². The highest BCUT2D eigenvalue weighted by Gasteiger charge is 2.29. The van der Waals surface area contributed by atoms with E-state index in [4.69, 9.17) is 4.52 Å². The van der Waals surface area contributed by atoms with Gasteiger partial charge in [-0.25, -0.2) is 0 Å². The molecule has 1 aromatic heterocycles. The normalized spacial score (nSPS) is 21.2. The van der Waals surface area contributed by atoms with Gasteiger partial charge >= 0.3 is 0 Å². The standard InChI is InChI=1S/C17H28N4O4/c1-11-13(12(2)25-19-11)5-6-16(23)18-14-7-8-21(9-15(14)22)10-17(24)20(3)4/h14-15,22H,5-10H2,1-4H3,(H,18,23)/t14-,15-/m1/s1. The van der Waals surface area contributed by atoms with Gasteiger partial charge in [-0.1, -0.05) is 5.16 Å². The summed E-state index contributed by atoms with van der Waals surface area (Å²) in [5.41, 5.74) is 1.77. The molecule has 2 atom stereocenters. The molecule has 8 nitrogen and oxygen atoms in total. The summed E-state index contributed by atoms with van der Waals surface area (Å²) in [6.45, 7) is 5.04. The van der Waals surface area contributed by atoms with E-state index < -0.39 is 6.10 Å². The number of hydrogen-bond acceptors (Lipinski definition) is 6. The molecular weight excluding hydrogens is 324 g/mol. The number of rotatable bonds is 6. The van der Waals surface area contributed by atoms with Crippen LogP contribution in [-0.2, 0) is 16.0 Å². The predicted molar refractivity (Wildman–Crippen MR) is 92.0 cm³/mol. The van der Waals surface area contributed by atoms with Crippen LogP contribution in [-0.4, -0.2) is 77.8 Å². The zero-order valence-electron chi connectivity index (χ0n) is 15.4. The minimum atomic E-state index is -0.674. The second-order valence-corrected chi connectivity index (χ2v) is 6.86.